The quantitative estimate of drug-likeness (QED) is 0.782. The van der Waals surface area contributed by atoms with Crippen molar-refractivity contribution in [2.24, 2.45) is 0 Å². The predicted molar refractivity (Wildman–Crippen MR) is 91.5 cm³/mol. The Morgan fingerprint density at radius 2 is 2.08 bits per heavy atom. The van der Waals surface area contributed by atoms with Crippen LogP contribution in [0.25, 0.3) is 10.9 Å². The summed E-state index contributed by atoms with van der Waals surface area (Å²) >= 11 is 5.77. The van der Waals surface area contributed by atoms with E-state index >= 15 is 0 Å². The molecule has 3 rings (SSSR count). The van der Waals surface area contributed by atoms with E-state index in [0.717, 1.165) is 5.69 Å². The summed E-state index contributed by atoms with van der Waals surface area (Å²) in [4.78, 5) is 13.4. The van der Waals surface area contributed by atoms with Crippen molar-refractivity contribution in [3.8, 4) is 0 Å². The molecule has 0 bridgehead atoms. The number of benzene rings is 2. The molecule has 0 saturated heterocycles. The fraction of sp³-hybridized carbons (Fsp3) is 0.176. The van der Waals surface area contributed by atoms with E-state index in [1.54, 1.807) is 18.2 Å². The molecule has 0 aliphatic carbocycles. The molecule has 0 unspecified atom stereocenters. The molecule has 5 nitrogen and oxygen atoms in total. The molecule has 1 N–H and O–H groups in total. The second-order valence-electron chi connectivity index (χ2n) is 5.61. The second kappa shape index (κ2) is 6.13. The molecule has 24 heavy (non-hydrogen) atoms. The maximum absolute atomic E-state index is 14.1. The first kappa shape index (κ1) is 16.3. The van der Waals surface area contributed by atoms with E-state index in [9.17, 15) is 14.3 Å². The Bertz CT molecular complexity index is 937. The number of hydrogen-bond acceptors (Lipinski definition) is 3. The highest BCUT2D eigenvalue weighted by Gasteiger charge is 2.20. The van der Waals surface area contributed by atoms with Gasteiger partial charge < -0.3 is 10.0 Å². The van der Waals surface area contributed by atoms with Gasteiger partial charge in [0.2, 0.25) is 0 Å². The fourth-order valence-corrected chi connectivity index (χ4v) is 2.82. The lowest BCUT2D eigenvalue weighted by Gasteiger charge is -2.14. The minimum absolute atomic E-state index is 0.0522. The van der Waals surface area contributed by atoms with Gasteiger partial charge in [0.15, 0.2) is 5.69 Å². The number of rotatable bonds is 4. The zero-order chi connectivity index (χ0) is 17.4. The van der Waals surface area contributed by atoms with Crippen molar-refractivity contribution >= 4 is 34.2 Å². The Labute approximate surface area is 142 Å². The highest BCUT2D eigenvalue weighted by atomic mass is 35.5. The van der Waals surface area contributed by atoms with Crippen LogP contribution in [0, 0.1) is 5.82 Å². The minimum atomic E-state index is -1.12. The van der Waals surface area contributed by atoms with Crippen molar-refractivity contribution in [2.75, 3.05) is 19.0 Å². The summed E-state index contributed by atoms with van der Waals surface area (Å²) in [6.07, 6.45) is 0. The van der Waals surface area contributed by atoms with Crippen LogP contribution in [-0.4, -0.2) is 35.0 Å². The monoisotopic (exact) mass is 347 g/mol. The summed E-state index contributed by atoms with van der Waals surface area (Å²) in [5, 5.41) is 14.5. The van der Waals surface area contributed by atoms with Gasteiger partial charge in [-0.05, 0) is 24.3 Å². The minimum Gasteiger partial charge on any atom is -0.476 e. The maximum Gasteiger partial charge on any atom is 0.357 e. The number of anilines is 1. The molecule has 0 saturated carbocycles. The maximum atomic E-state index is 14.1. The van der Waals surface area contributed by atoms with Gasteiger partial charge in [0.05, 0.1) is 17.4 Å². The molecule has 1 aromatic heterocycles. The van der Waals surface area contributed by atoms with Crippen LogP contribution in [0.1, 0.15) is 16.1 Å². The molecule has 0 atom stereocenters. The Hall–Kier alpha value is -2.60. The van der Waals surface area contributed by atoms with Gasteiger partial charge in [0, 0.05) is 30.4 Å². The molecule has 124 valence electrons. The van der Waals surface area contributed by atoms with E-state index in [0.29, 0.717) is 21.5 Å². The van der Waals surface area contributed by atoms with Crippen molar-refractivity contribution in [2.45, 2.75) is 6.54 Å². The number of hydrogen-bond donors (Lipinski definition) is 1. The van der Waals surface area contributed by atoms with Crippen molar-refractivity contribution in [3.63, 3.8) is 0 Å². The normalized spacial score (nSPS) is 11.0. The third kappa shape index (κ3) is 2.80. The van der Waals surface area contributed by atoms with E-state index < -0.39 is 11.8 Å². The van der Waals surface area contributed by atoms with Gasteiger partial charge in [-0.2, -0.15) is 5.10 Å². The van der Waals surface area contributed by atoms with E-state index in [1.165, 1.54) is 10.7 Å². The average molecular weight is 348 g/mol. The van der Waals surface area contributed by atoms with E-state index in [4.69, 9.17) is 11.6 Å². The molecule has 0 aliphatic rings. The lowest BCUT2D eigenvalue weighted by molar-refractivity contribution is 0.0691. The van der Waals surface area contributed by atoms with Crippen LogP contribution >= 0.6 is 11.6 Å². The van der Waals surface area contributed by atoms with Crippen LogP contribution in [0.3, 0.4) is 0 Å². The molecule has 0 aliphatic heterocycles. The second-order valence-corrected chi connectivity index (χ2v) is 6.05. The molecule has 0 spiro atoms. The number of carboxylic acid groups (broad SMARTS) is 1. The molecule has 1 heterocycles. The first-order valence-electron chi connectivity index (χ1n) is 7.22. The molecular formula is C17H15ClFN3O2. The van der Waals surface area contributed by atoms with Gasteiger partial charge in [0.25, 0.3) is 0 Å². The molecule has 0 fully saturated rings. The highest BCUT2D eigenvalue weighted by Crippen LogP contribution is 2.29. The standard InChI is InChI=1S/C17H15ClFN3O2/c1-21(2)13-4-3-5-14-15(13)16(17(23)24)20-22(14)9-10-6-7-11(18)8-12(10)19/h3-8H,9H2,1-2H3,(H,23,24). The van der Waals surface area contributed by atoms with E-state index in [1.807, 2.05) is 31.1 Å². The van der Waals surface area contributed by atoms with Crippen LogP contribution in [0.5, 0.6) is 0 Å². The Kier molecular flexibility index (Phi) is 4.15. The number of halogens is 2. The number of nitrogens with zero attached hydrogens (tertiary/aromatic N) is 3. The number of aromatic carboxylic acids is 1. The lowest BCUT2D eigenvalue weighted by atomic mass is 10.1. The van der Waals surface area contributed by atoms with Crippen LogP contribution in [0.2, 0.25) is 5.02 Å². The molecule has 2 aromatic carbocycles. The highest BCUT2D eigenvalue weighted by molar-refractivity contribution is 6.30. The smallest absolute Gasteiger partial charge is 0.357 e. The van der Waals surface area contributed by atoms with E-state index in [2.05, 4.69) is 5.10 Å². The van der Waals surface area contributed by atoms with Gasteiger partial charge in [-0.1, -0.05) is 23.7 Å². The van der Waals surface area contributed by atoms with Crippen LogP contribution in [-0.2, 0) is 6.54 Å². The van der Waals surface area contributed by atoms with Gasteiger partial charge in [-0.25, -0.2) is 9.18 Å². The summed E-state index contributed by atoms with van der Waals surface area (Å²) in [5.74, 6) is -1.57. The zero-order valence-corrected chi connectivity index (χ0v) is 13.9. The molecule has 0 radical (unpaired) electrons. The molecule has 0 amide bonds. The average Bonchev–Trinajstić information content (AvgIpc) is 2.89. The number of carboxylic acids is 1. The largest absolute Gasteiger partial charge is 0.476 e. The summed E-state index contributed by atoms with van der Waals surface area (Å²) in [6, 6.07) is 9.81. The first-order chi connectivity index (χ1) is 11.4. The van der Waals surface area contributed by atoms with Crippen LogP contribution in [0.4, 0.5) is 10.1 Å². The van der Waals surface area contributed by atoms with Crippen LogP contribution in [0.15, 0.2) is 36.4 Å². The molecule has 7 heteroatoms. The van der Waals surface area contributed by atoms with Crippen molar-refractivity contribution in [3.05, 3.63) is 58.5 Å². The summed E-state index contributed by atoms with van der Waals surface area (Å²) in [6.45, 7) is 0.115. The predicted octanol–water partition coefficient (Wildman–Crippen LogP) is 3.64. The van der Waals surface area contributed by atoms with Gasteiger partial charge >= 0.3 is 5.97 Å². The summed E-state index contributed by atoms with van der Waals surface area (Å²) < 4.78 is 15.6. The topological polar surface area (TPSA) is 58.4 Å². The van der Waals surface area contributed by atoms with Gasteiger partial charge in [-0.15, -0.1) is 0 Å². The SMILES string of the molecule is CN(C)c1cccc2c1c(C(=O)O)nn2Cc1ccc(Cl)cc1F. The van der Waals surface area contributed by atoms with Crippen LogP contribution < -0.4 is 4.90 Å². The first-order valence-corrected chi connectivity index (χ1v) is 7.60. The zero-order valence-electron chi connectivity index (χ0n) is 13.1. The number of aromatic nitrogens is 2. The number of carbonyl (C=O) groups is 1. The van der Waals surface area contributed by atoms with Crippen molar-refractivity contribution in [1.29, 1.82) is 0 Å². The Balaban J connectivity index is 2.18. The Morgan fingerprint density at radius 3 is 2.71 bits per heavy atom. The molecule has 3 aromatic rings. The van der Waals surface area contributed by atoms with Gasteiger partial charge in [-0.3, -0.25) is 4.68 Å². The molecular weight excluding hydrogens is 333 g/mol. The third-order valence-corrected chi connectivity index (χ3v) is 4.01. The van der Waals surface area contributed by atoms with Crippen molar-refractivity contribution < 1.29 is 14.3 Å². The van der Waals surface area contributed by atoms with E-state index in [-0.39, 0.29) is 12.2 Å². The van der Waals surface area contributed by atoms with Crippen molar-refractivity contribution in [1.82, 2.24) is 9.78 Å². The lowest BCUT2D eigenvalue weighted by Crippen LogP contribution is -2.10. The summed E-state index contributed by atoms with van der Waals surface area (Å²) in [7, 11) is 3.66. The van der Waals surface area contributed by atoms with Gasteiger partial charge in [0.1, 0.15) is 5.82 Å². The Morgan fingerprint density at radius 1 is 1.33 bits per heavy atom. The summed E-state index contributed by atoms with van der Waals surface area (Å²) in [5.41, 5.74) is 1.71. The number of fused-ring (bicyclic) bond motifs is 1. The fourth-order valence-electron chi connectivity index (χ4n) is 2.66. The third-order valence-electron chi connectivity index (χ3n) is 3.78.